The highest BCUT2D eigenvalue weighted by atomic mass is 28.3. The van der Waals surface area contributed by atoms with E-state index in [4.69, 9.17) is 0 Å². The normalized spacial score (nSPS) is 19.2. The van der Waals surface area contributed by atoms with Crippen molar-refractivity contribution in [2.24, 2.45) is 0 Å². The summed E-state index contributed by atoms with van der Waals surface area (Å²) in [6.07, 6.45) is 3.56. The molecule has 1 aliphatic rings. The summed E-state index contributed by atoms with van der Waals surface area (Å²) in [5.41, 5.74) is 3.13. The quantitative estimate of drug-likeness (QED) is 0.697. The maximum atomic E-state index is 2.52. The maximum absolute atomic E-state index is 2.52. The van der Waals surface area contributed by atoms with E-state index in [1.165, 1.54) is 11.6 Å². The third-order valence-corrected chi connectivity index (χ3v) is 9.15. The summed E-state index contributed by atoms with van der Waals surface area (Å²) in [5, 5.41) is 3.28. The predicted molar refractivity (Wildman–Crippen MR) is 79.2 cm³/mol. The van der Waals surface area contributed by atoms with Gasteiger partial charge in [-0.05, 0) is 20.3 Å². The van der Waals surface area contributed by atoms with Crippen molar-refractivity contribution in [3.05, 3.63) is 52.8 Å². The van der Waals surface area contributed by atoms with E-state index in [1.807, 2.05) is 0 Å². The molecule has 0 saturated heterocycles. The Labute approximate surface area is 106 Å². The third-order valence-electron chi connectivity index (χ3n) is 4.21. The first-order chi connectivity index (χ1) is 8.09. The van der Waals surface area contributed by atoms with Crippen molar-refractivity contribution < 1.29 is 0 Å². The number of allylic oxidation sites excluding steroid dienone is 4. The van der Waals surface area contributed by atoms with E-state index >= 15 is 0 Å². The molecule has 2 rings (SSSR count). The van der Waals surface area contributed by atoms with Crippen LogP contribution in [0.1, 0.15) is 27.2 Å². The van der Waals surface area contributed by atoms with Gasteiger partial charge in [-0.15, -0.1) is 0 Å². The Kier molecular flexibility index (Phi) is 3.39. The van der Waals surface area contributed by atoms with E-state index in [0.717, 1.165) is 6.42 Å². The highest BCUT2D eigenvalue weighted by molar-refractivity contribution is 6.97. The molecule has 0 spiro atoms. The molecule has 1 atom stereocenters. The Bertz CT molecular complexity index is 468. The Morgan fingerprint density at radius 2 is 1.76 bits per heavy atom. The zero-order valence-corrected chi connectivity index (χ0v) is 12.4. The van der Waals surface area contributed by atoms with Crippen molar-refractivity contribution in [1.82, 2.24) is 0 Å². The van der Waals surface area contributed by atoms with E-state index in [2.05, 4.69) is 63.7 Å². The molecule has 1 unspecified atom stereocenters. The van der Waals surface area contributed by atoms with Gasteiger partial charge in [0.15, 0.2) is 0 Å². The second-order valence-corrected chi connectivity index (χ2v) is 9.75. The van der Waals surface area contributed by atoms with E-state index in [1.54, 1.807) is 16.0 Å². The molecule has 0 aromatic heterocycles. The molecule has 1 heteroatoms. The van der Waals surface area contributed by atoms with Crippen molar-refractivity contribution >= 4 is 13.3 Å². The summed E-state index contributed by atoms with van der Waals surface area (Å²) in [6, 6.07) is 12.4. The van der Waals surface area contributed by atoms with Gasteiger partial charge in [0.1, 0.15) is 8.07 Å². The van der Waals surface area contributed by atoms with Crippen molar-refractivity contribution in [1.29, 1.82) is 0 Å². The van der Waals surface area contributed by atoms with Gasteiger partial charge in [0.2, 0.25) is 0 Å². The molecular formula is C16H22Si. The molecule has 0 N–H and O–H groups in total. The highest BCUT2D eigenvalue weighted by Crippen LogP contribution is 2.34. The van der Waals surface area contributed by atoms with Crippen LogP contribution in [-0.4, -0.2) is 8.07 Å². The second kappa shape index (κ2) is 4.65. The van der Waals surface area contributed by atoms with Crippen LogP contribution in [0, 0.1) is 0 Å². The van der Waals surface area contributed by atoms with Crippen LogP contribution in [0.4, 0.5) is 0 Å². The minimum atomic E-state index is -1.48. The average Bonchev–Trinajstić information content (AvgIpc) is 2.70. The van der Waals surface area contributed by atoms with E-state index in [-0.39, 0.29) is 0 Å². The minimum absolute atomic E-state index is 1.16. The Morgan fingerprint density at radius 1 is 1.12 bits per heavy atom. The van der Waals surface area contributed by atoms with Crippen LogP contribution >= 0.6 is 0 Å². The molecule has 1 aromatic rings. The van der Waals surface area contributed by atoms with Crippen LogP contribution in [-0.2, 0) is 0 Å². The topological polar surface area (TPSA) is 0 Å². The summed E-state index contributed by atoms with van der Waals surface area (Å²) in [5.74, 6) is 0. The van der Waals surface area contributed by atoms with Crippen LogP contribution in [0.15, 0.2) is 52.8 Å². The zero-order valence-electron chi connectivity index (χ0n) is 11.4. The molecule has 1 aliphatic carbocycles. The Morgan fingerprint density at radius 3 is 2.24 bits per heavy atom. The number of rotatable bonds is 3. The first kappa shape index (κ1) is 12.4. The van der Waals surface area contributed by atoms with Gasteiger partial charge in [0.05, 0.1) is 0 Å². The predicted octanol–water partition coefficient (Wildman–Crippen LogP) is 4.20. The minimum Gasteiger partial charge on any atom is -0.0776 e. The SMILES string of the molecule is CC[Si](C)(C1=C(C)CC=C1C)c1ccccc1. The van der Waals surface area contributed by atoms with E-state index < -0.39 is 8.07 Å². The fourth-order valence-electron chi connectivity index (χ4n) is 3.08. The number of benzene rings is 1. The average molecular weight is 242 g/mol. The van der Waals surface area contributed by atoms with E-state index in [0.29, 0.717) is 0 Å². The number of hydrogen-bond acceptors (Lipinski definition) is 0. The maximum Gasteiger partial charge on any atom is 0.115 e. The molecule has 0 saturated carbocycles. The van der Waals surface area contributed by atoms with Gasteiger partial charge in [-0.25, -0.2) is 0 Å². The molecular weight excluding hydrogens is 220 g/mol. The molecule has 0 aliphatic heterocycles. The van der Waals surface area contributed by atoms with Gasteiger partial charge in [0.25, 0.3) is 0 Å². The van der Waals surface area contributed by atoms with Gasteiger partial charge in [-0.2, -0.15) is 0 Å². The molecule has 0 nitrogen and oxygen atoms in total. The van der Waals surface area contributed by atoms with Gasteiger partial charge in [-0.3, -0.25) is 0 Å². The molecule has 0 radical (unpaired) electrons. The molecule has 90 valence electrons. The fraction of sp³-hybridized carbons (Fsp3) is 0.375. The second-order valence-electron chi connectivity index (χ2n) is 5.30. The molecule has 17 heavy (non-hydrogen) atoms. The first-order valence-electron chi connectivity index (χ1n) is 6.52. The lowest BCUT2D eigenvalue weighted by Crippen LogP contribution is -2.46. The lowest BCUT2D eigenvalue weighted by atomic mass is 10.3. The Hall–Kier alpha value is -1.08. The van der Waals surface area contributed by atoms with Gasteiger partial charge >= 0.3 is 0 Å². The number of hydrogen-bond donors (Lipinski definition) is 0. The van der Waals surface area contributed by atoms with Crippen molar-refractivity contribution in [3.8, 4) is 0 Å². The lowest BCUT2D eigenvalue weighted by Gasteiger charge is -2.30. The Balaban J connectivity index is 2.53. The van der Waals surface area contributed by atoms with Crippen LogP contribution in [0.2, 0.25) is 12.6 Å². The first-order valence-corrected chi connectivity index (χ1v) is 9.23. The summed E-state index contributed by atoms with van der Waals surface area (Å²) >= 11 is 0. The summed E-state index contributed by atoms with van der Waals surface area (Å²) in [4.78, 5) is 0. The van der Waals surface area contributed by atoms with Crippen molar-refractivity contribution in [2.45, 2.75) is 39.8 Å². The summed E-state index contributed by atoms with van der Waals surface area (Å²) < 4.78 is 0. The van der Waals surface area contributed by atoms with Gasteiger partial charge in [0, 0.05) is 0 Å². The van der Waals surface area contributed by atoms with Crippen LogP contribution in [0.5, 0.6) is 0 Å². The molecule has 0 fully saturated rings. The van der Waals surface area contributed by atoms with E-state index in [9.17, 15) is 0 Å². The van der Waals surface area contributed by atoms with Crippen LogP contribution < -0.4 is 5.19 Å². The molecule has 1 aromatic carbocycles. The smallest absolute Gasteiger partial charge is 0.0776 e. The molecule has 0 bridgehead atoms. The zero-order chi connectivity index (χ0) is 12.5. The summed E-state index contributed by atoms with van der Waals surface area (Å²) in [7, 11) is -1.48. The van der Waals surface area contributed by atoms with Gasteiger partial charge in [-0.1, -0.05) is 77.5 Å². The van der Waals surface area contributed by atoms with Crippen molar-refractivity contribution in [2.75, 3.05) is 0 Å². The highest BCUT2D eigenvalue weighted by Gasteiger charge is 2.35. The van der Waals surface area contributed by atoms with Crippen molar-refractivity contribution in [3.63, 3.8) is 0 Å². The lowest BCUT2D eigenvalue weighted by molar-refractivity contribution is 1.23. The molecule has 0 amide bonds. The van der Waals surface area contributed by atoms with Crippen LogP contribution in [0.3, 0.4) is 0 Å². The summed E-state index contributed by atoms with van der Waals surface area (Å²) in [6.45, 7) is 9.47. The van der Waals surface area contributed by atoms with Crippen LogP contribution in [0.25, 0.3) is 0 Å². The third kappa shape index (κ3) is 2.04. The van der Waals surface area contributed by atoms with Gasteiger partial charge < -0.3 is 0 Å². The largest absolute Gasteiger partial charge is 0.115 e. The standard InChI is InChI=1S/C16H22Si/c1-5-17(4,15-9-7-6-8-10-15)16-13(2)11-12-14(16)3/h6-11H,5,12H2,1-4H3. The monoisotopic (exact) mass is 242 g/mol. The molecule has 0 heterocycles. The fourth-order valence-corrected chi connectivity index (χ4v) is 7.08.